The molecule has 0 aliphatic heterocycles. The van der Waals surface area contributed by atoms with Crippen LogP contribution in [0.1, 0.15) is 19.8 Å². The summed E-state index contributed by atoms with van der Waals surface area (Å²) in [5.41, 5.74) is 0. The molecule has 0 saturated carbocycles. The molecule has 0 aliphatic rings. The normalized spacial score (nSPS) is 10.7. The predicted octanol–water partition coefficient (Wildman–Crippen LogP) is -0.749. The third-order valence-electron chi connectivity index (χ3n) is 0.747. The van der Waals surface area contributed by atoms with Gasteiger partial charge in [-0.2, -0.15) is 0 Å². The van der Waals surface area contributed by atoms with E-state index < -0.39 is 7.82 Å². The van der Waals surface area contributed by atoms with E-state index in [0.29, 0.717) is 6.42 Å². The van der Waals surface area contributed by atoms with E-state index in [1.807, 2.05) is 6.92 Å². The summed E-state index contributed by atoms with van der Waals surface area (Å²) in [6.07, 6.45) is 1.43. The van der Waals surface area contributed by atoms with Crippen LogP contribution in [0.2, 0.25) is 0 Å². The molecule has 0 aromatic heterocycles. The fourth-order valence-electron chi connectivity index (χ4n) is 0.321. The Balaban J connectivity index is 0. The standard InChI is InChI=1S/C4H11O4P.Ca/c1-2-3-4-8-9(5,6)7;/h2-4H2,1H3,(H2,5,6,7);/q;+2/p-2. The maximum atomic E-state index is 9.76. The molecule has 0 unspecified atom stereocenters. The van der Waals surface area contributed by atoms with Gasteiger partial charge in [0, 0.05) is 0 Å². The van der Waals surface area contributed by atoms with E-state index in [-0.39, 0.29) is 44.3 Å². The van der Waals surface area contributed by atoms with E-state index in [4.69, 9.17) is 0 Å². The number of rotatable bonds is 4. The molecular weight excluding hydrogens is 183 g/mol. The van der Waals surface area contributed by atoms with Crippen LogP contribution in [-0.2, 0) is 9.09 Å². The number of phosphoric acid groups is 1. The van der Waals surface area contributed by atoms with E-state index in [1.165, 1.54) is 0 Å². The quantitative estimate of drug-likeness (QED) is 0.334. The first-order chi connectivity index (χ1) is 4.06. The van der Waals surface area contributed by atoms with Crippen LogP contribution in [0.3, 0.4) is 0 Å². The van der Waals surface area contributed by atoms with Gasteiger partial charge in [0.25, 0.3) is 0 Å². The second kappa shape index (κ2) is 7.04. The first kappa shape index (κ1) is 13.9. The molecule has 6 heteroatoms. The van der Waals surface area contributed by atoms with Gasteiger partial charge in [0.2, 0.25) is 0 Å². The fraction of sp³-hybridized carbons (Fsp3) is 1.00. The van der Waals surface area contributed by atoms with Crippen LogP contribution in [0.4, 0.5) is 0 Å². The number of unbranched alkanes of at least 4 members (excludes halogenated alkanes) is 1. The summed E-state index contributed by atoms with van der Waals surface area (Å²) in [4.78, 5) is 19.5. The second-order valence-corrected chi connectivity index (χ2v) is 2.79. The van der Waals surface area contributed by atoms with Crippen molar-refractivity contribution >= 4 is 45.6 Å². The van der Waals surface area contributed by atoms with Crippen molar-refractivity contribution in [2.24, 2.45) is 0 Å². The molecule has 0 bridgehead atoms. The van der Waals surface area contributed by atoms with Crippen LogP contribution in [0, 0.1) is 0 Å². The van der Waals surface area contributed by atoms with Crippen molar-refractivity contribution in [3.8, 4) is 0 Å². The monoisotopic (exact) mass is 192 g/mol. The molecule has 56 valence electrons. The zero-order chi connectivity index (χ0) is 7.33. The first-order valence-electron chi connectivity index (χ1n) is 2.73. The number of hydrogen-bond donors (Lipinski definition) is 0. The fourth-order valence-corrected chi connectivity index (χ4v) is 0.673. The van der Waals surface area contributed by atoms with Crippen LogP contribution < -0.4 is 9.79 Å². The maximum Gasteiger partial charge on any atom is 2.00 e. The van der Waals surface area contributed by atoms with Gasteiger partial charge in [-0.3, -0.25) is 0 Å². The summed E-state index contributed by atoms with van der Waals surface area (Å²) in [7, 11) is -4.70. The first-order valence-corrected chi connectivity index (χ1v) is 4.19. The summed E-state index contributed by atoms with van der Waals surface area (Å²) in [5.74, 6) is 0. The predicted molar refractivity (Wildman–Crippen MR) is 34.2 cm³/mol. The molecule has 0 N–H and O–H groups in total. The Morgan fingerprint density at radius 3 is 2.30 bits per heavy atom. The SMILES string of the molecule is CCCCOP(=O)([O-])[O-].[Ca+2]. The smallest absolute Gasteiger partial charge is 0.790 e. The van der Waals surface area contributed by atoms with Gasteiger partial charge in [0.1, 0.15) is 0 Å². The molecule has 4 nitrogen and oxygen atoms in total. The summed E-state index contributed by atoms with van der Waals surface area (Å²) >= 11 is 0. The molecule has 0 atom stereocenters. The van der Waals surface area contributed by atoms with Gasteiger partial charge in [-0.05, 0) is 6.42 Å². The minimum Gasteiger partial charge on any atom is -0.790 e. The zero-order valence-electron chi connectivity index (χ0n) is 5.91. The Kier molecular flexibility index (Phi) is 9.81. The molecule has 0 rings (SSSR count). The second-order valence-electron chi connectivity index (χ2n) is 1.63. The molecule has 0 aliphatic carbocycles. The molecule has 0 radical (unpaired) electrons. The van der Waals surface area contributed by atoms with Gasteiger partial charge in [0.05, 0.1) is 14.4 Å². The zero-order valence-corrected chi connectivity index (χ0v) is 9.01. The summed E-state index contributed by atoms with van der Waals surface area (Å²) in [6, 6.07) is 0. The van der Waals surface area contributed by atoms with Crippen molar-refractivity contribution in [1.29, 1.82) is 0 Å². The molecule has 10 heavy (non-hydrogen) atoms. The summed E-state index contributed by atoms with van der Waals surface area (Å²) in [6.45, 7) is 1.89. The summed E-state index contributed by atoms with van der Waals surface area (Å²) in [5, 5.41) is 0. The Labute approximate surface area is 90.2 Å². The van der Waals surface area contributed by atoms with Gasteiger partial charge in [-0.15, -0.1) is 0 Å². The van der Waals surface area contributed by atoms with Gasteiger partial charge in [-0.1, -0.05) is 13.3 Å². The molecule has 0 heterocycles. The third kappa shape index (κ3) is 12.1. The molecular formula is C4H9CaO4P. The van der Waals surface area contributed by atoms with E-state index in [2.05, 4.69) is 4.52 Å². The Hall–Kier alpha value is 1.37. The third-order valence-corrected chi connectivity index (χ3v) is 1.25. The topological polar surface area (TPSA) is 72.4 Å². The van der Waals surface area contributed by atoms with E-state index in [1.54, 1.807) is 0 Å². The van der Waals surface area contributed by atoms with Crippen molar-refractivity contribution in [2.75, 3.05) is 6.61 Å². The van der Waals surface area contributed by atoms with E-state index >= 15 is 0 Å². The minimum atomic E-state index is -4.70. The molecule has 0 saturated heterocycles. The maximum absolute atomic E-state index is 9.76. The molecule has 0 aromatic carbocycles. The van der Waals surface area contributed by atoms with Crippen molar-refractivity contribution in [3.05, 3.63) is 0 Å². The van der Waals surface area contributed by atoms with Gasteiger partial charge >= 0.3 is 37.7 Å². The molecule has 0 amide bonds. The minimum absolute atomic E-state index is 0. The van der Waals surface area contributed by atoms with Gasteiger partial charge in [0.15, 0.2) is 0 Å². The van der Waals surface area contributed by atoms with Crippen molar-refractivity contribution < 1.29 is 18.9 Å². The van der Waals surface area contributed by atoms with Crippen LogP contribution in [0.15, 0.2) is 0 Å². The average molecular weight is 192 g/mol. The number of phosphoric ester groups is 1. The Morgan fingerprint density at radius 2 is 2.00 bits per heavy atom. The summed E-state index contributed by atoms with van der Waals surface area (Å²) < 4.78 is 13.7. The van der Waals surface area contributed by atoms with E-state index in [0.717, 1.165) is 6.42 Å². The van der Waals surface area contributed by atoms with Crippen molar-refractivity contribution in [1.82, 2.24) is 0 Å². The largest absolute Gasteiger partial charge is 2.00 e. The van der Waals surface area contributed by atoms with E-state index in [9.17, 15) is 14.4 Å². The van der Waals surface area contributed by atoms with Crippen LogP contribution >= 0.6 is 7.82 Å². The van der Waals surface area contributed by atoms with Crippen molar-refractivity contribution in [3.63, 3.8) is 0 Å². The van der Waals surface area contributed by atoms with Crippen LogP contribution in [-0.4, -0.2) is 44.3 Å². The number of hydrogen-bond acceptors (Lipinski definition) is 4. The average Bonchev–Trinajstić information content (AvgIpc) is 1.63. The van der Waals surface area contributed by atoms with Gasteiger partial charge < -0.3 is 18.9 Å². The Bertz CT molecular complexity index is 112. The molecule has 0 spiro atoms. The molecule has 0 fully saturated rings. The Morgan fingerprint density at radius 1 is 1.50 bits per heavy atom. The molecule has 0 aromatic rings. The van der Waals surface area contributed by atoms with Crippen LogP contribution in [0.5, 0.6) is 0 Å². The van der Waals surface area contributed by atoms with Gasteiger partial charge in [-0.25, -0.2) is 0 Å². The van der Waals surface area contributed by atoms with Crippen molar-refractivity contribution in [2.45, 2.75) is 19.8 Å². The van der Waals surface area contributed by atoms with Crippen LogP contribution in [0.25, 0.3) is 0 Å².